The van der Waals surface area contributed by atoms with Crippen molar-refractivity contribution in [3.8, 4) is 0 Å². The molecule has 3 fully saturated rings. The van der Waals surface area contributed by atoms with Gasteiger partial charge >= 0.3 is 0 Å². The number of benzene rings is 2. The number of hydrogen-bond acceptors (Lipinski definition) is 2. The highest BCUT2D eigenvalue weighted by Crippen LogP contribution is 2.48. The van der Waals surface area contributed by atoms with Crippen LogP contribution in [0.25, 0.3) is 0 Å². The second-order valence-corrected chi connectivity index (χ2v) is 9.79. The molecule has 5 heteroatoms. The van der Waals surface area contributed by atoms with E-state index in [-0.39, 0.29) is 12.0 Å². The molecule has 0 aromatic heterocycles. The van der Waals surface area contributed by atoms with Gasteiger partial charge in [0.25, 0.3) is 0 Å². The highest BCUT2D eigenvalue weighted by Gasteiger charge is 2.47. The first-order valence-corrected chi connectivity index (χ1v) is 11.9. The zero-order chi connectivity index (χ0) is 20.7. The maximum absolute atomic E-state index is 13.1. The molecule has 158 valence electrons. The molecule has 30 heavy (non-hydrogen) atoms. The van der Waals surface area contributed by atoms with Gasteiger partial charge in [0, 0.05) is 41.1 Å². The highest BCUT2D eigenvalue weighted by molar-refractivity contribution is 6.32. The van der Waals surface area contributed by atoms with Gasteiger partial charge < -0.3 is 4.90 Å². The van der Waals surface area contributed by atoms with E-state index in [2.05, 4.69) is 34.1 Å². The normalized spacial score (nSPS) is 26.5. The van der Waals surface area contributed by atoms with Crippen LogP contribution in [0.2, 0.25) is 10.0 Å². The number of hydrogen-bond donors (Lipinski definition) is 0. The fourth-order valence-electron chi connectivity index (χ4n) is 5.91. The van der Waals surface area contributed by atoms with Gasteiger partial charge in [-0.3, -0.25) is 9.69 Å². The van der Waals surface area contributed by atoms with Gasteiger partial charge in [-0.15, -0.1) is 0 Å². The Kier molecular flexibility index (Phi) is 5.79. The molecule has 3 nitrogen and oxygen atoms in total. The first-order chi connectivity index (χ1) is 14.6. The molecular formula is C25H28Cl2N2O. The molecule has 3 saturated heterocycles. The van der Waals surface area contributed by atoms with Gasteiger partial charge in [0.1, 0.15) is 0 Å². The molecule has 0 aliphatic carbocycles. The number of rotatable bonds is 4. The van der Waals surface area contributed by atoms with Gasteiger partial charge in [-0.05, 0) is 61.8 Å². The fourth-order valence-corrected chi connectivity index (χ4v) is 6.39. The van der Waals surface area contributed by atoms with Crippen molar-refractivity contribution >= 4 is 29.1 Å². The van der Waals surface area contributed by atoms with Crippen molar-refractivity contribution in [2.45, 2.75) is 56.7 Å². The zero-order valence-corrected chi connectivity index (χ0v) is 18.7. The van der Waals surface area contributed by atoms with Gasteiger partial charge in [-0.2, -0.15) is 0 Å². The number of fused-ring (bicyclic) bond motifs is 2. The lowest BCUT2D eigenvalue weighted by Crippen LogP contribution is -2.49. The second-order valence-electron chi connectivity index (χ2n) is 8.98. The van der Waals surface area contributed by atoms with Crippen LogP contribution in [0, 0.1) is 5.92 Å². The molecule has 2 atom stereocenters. The SMILES string of the molecule is O=C(C1CC2CCC(C1)N2C(c1ccccc1Cl)c1ccccc1Cl)N1CCCC1. The summed E-state index contributed by atoms with van der Waals surface area (Å²) in [6.07, 6.45) is 6.46. The maximum atomic E-state index is 13.1. The van der Waals surface area contributed by atoms with Crippen LogP contribution in [0.3, 0.4) is 0 Å². The van der Waals surface area contributed by atoms with Crippen molar-refractivity contribution in [1.82, 2.24) is 9.80 Å². The van der Waals surface area contributed by atoms with E-state index in [1.807, 2.05) is 24.3 Å². The van der Waals surface area contributed by atoms with E-state index in [0.717, 1.165) is 72.8 Å². The van der Waals surface area contributed by atoms with Gasteiger partial charge in [-0.1, -0.05) is 59.6 Å². The van der Waals surface area contributed by atoms with Crippen LogP contribution >= 0.6 is 23.2 Å². The third kappa shape index (κ3) is 3.66. The number of amides is 1. The van der Waals surface area contributed by atoms with Crippen molar-refractivity contribution in [1.29, 1.82) is 0 Å². The monoisotopic (exact) mass is 442 g/mol. The Labute approximate surface area is 189 Å². The van der Waals surface area contributed by atoms with Crippen LogP contribution in [0.5, 0.6) is 0 Å². The van der Waals surface area contributed by atoms with Crippen molar-refractivity contribution < 1.29 is 4.79 Å². The molecule has 1 amide bonds. The van der Waals surface area contributed by atoms with E-state index in [1.165, 1.54) is 0 Å². The van der Waals surface area contributed by atoms with Gasteiger partial charge in [-0.25, -0.2) is 0 Å². The summed E-state index contributed by atoms with van der Waals surface area (Å²) in [6, 6.07) is 17.0. The van der Waals surface area contributed by atoms with E-state index in [0.29, 0.717) is 18.0 Å². The van der Waals surface area contributed by atoms with Crippen molar-refractivity contribution in [3.63, 3.8) is 0 Å². The number of piperidine rings is 1. The van der Waals surface area contributed by atoms with Crippen LogP contribution in [0.15, 0.2) is 48.5 Å². The minimum absolute atomic E-state index is 0.0211. The third-order valence-corrected chi connectivity index (χ3v) is 7.94. The summed E-state index contributed by atoms with van der Waals surface area (Å²) in [4.78, 5) is 17.8. The van der Waals surface area contributed by atoms with Crippen LogP contribution in [-0.4, -0.2) is 40.9 Å². The molecule has 2 aromatic rings. The van der Waals surface area contributed by atoms with E-state index in [9.17, 15) is 4.79 Å². The van der Waals surface area contributed by atoms with E-state index < -0.39 is 0 Å². The Hall–Kier alpha value is -1.55. The van der Waals surface area contributed by atoms with Crippen LogP contribution < -0.4 is 0 Å². The molecule has 3 aliphatic rings. The Morgan fingerprint density at radius 1 is 0.833 bits per heavy atom. The molecule has 3 aliphatic heterocycles. The van der Waals surface area contributed by atoms with Crippen LogP contribution in [0.4, 0.5) is 0 Å². The Morgan fingerprint density at radius 2 is 1.33 bits per heavy atom. The zero-order valence-electron chi connectivity index (χ0n) is 17.1. The number of carbonyl (C=O) groups excluding carboxylic acids is 1. The first kappa shape index (κ1) is 20.4. The third-order valence-electron chi connectivity index (χ3n) is 7.25. The molecule has 0 N–H and O–H groups in total. The molecule has 0 radical (unpaired) electrons. The van der Waals surface area contributed by atoms with Gasteiger partial charge in [0.2, 0.25) is 5.91 Å². The molecule has 2 unspecified atom stereocenters. The van der Waals surface area contributed by atoms with Crippen LogP contribution in [0.1, 0.15) is 55.7 Å². The maximum Gasteiger partial charge on any atom is 0.225 e. The summed E-state index contributed by atoms with van der Waals surface area (Å²) in [5.41, 5.74) is 2.21. The van der Waals surface area contributed by atoms with Gasteiger partial charge in [0.05, 0.1) is 6.04 Å². The van der Waals surface area contributed by atoms with E-state index in [1.54, 1.807) is 0 Å². The van der Waals surface area contributed by atoms with E-state index >= 15 is 0 Å². The van der Waals surface area contributed by atoms with Crippen molar-refractivity contribution in [3.05, 3.63) is 69.7 Å². The quantitative estimate of drug-likeness (QED) is 0.583. The Balaban J connectivity index is 1.48. The topological polar surface area (TPSA) is 23.6 Å². The highest BCUT2D eigenvalue weighted by atomic mass is 35.5. The minimum atomic E-state index is 0.0211. The van der Waals surface area contributed by atoms with Crippen LogP contribution in [-0.2, 0) is 4.79 Å². The molecule has 2 aromatic carbocycles. The summed E-state index contributed by atoms with van der Waals surface area (Å²) >= 11 is 13.4. The summed E-state index contributed by atoms with van der Waals surface area (Å²) in [5.74, 6) is 0.547. The molecule has 2 bridgehead atoms. The Morgan fingerprint density at radius 3 is 1.83 bits per heavy atom. The Bertz CT molecular complexity index is 867. The molecule has 0 saturated carbocycles. The standard InChI is InChI=1S/C25H28Cl2N2O/c26-22-9-3-1-7-20(22)24(21-8-2-4-10-23(21)27)29-18-11-12-19(29)16-17(15-18)25(30)28-13-5-6-14-28/h1-4,7-10,17-19,24H,5-6,11-16H2. The van der Waals surface area contributed by atoms with Gasteiger partial charge in [0.15, 0.2) is 0 Å². The summed E-state index contributed by atoms with van der Waals surface area (Å²) in [6.45, 7) is 1.88. The number of nitrogens with zero attached hydrogens (tertiary/aromatic N) is 2. The summed E-state index contributed by atoms with van der Waals surface area (Å²) < 4.78 is 0. The molecule has 5 rings (SSSR count). The average Bonchev–Trinajstić information content (AvgIpc) is 3.37. The second kappa shape index (κ2) is 8.53. The predicted octanol–water partition coefficient (Wildman–Crippen LogP) is 5.95. The minimum Gasteiger partial charge on any atom is -0.342 e. The smallest absolute Gasteiger partial charge is 0.225 e. The molecule has 0 spiro atoms. The predicted molar refractivity (Wildman–Crippen MR) is 122 cm³/mol. The largest absolute Gasteiger partial charge is 0.342 e. The lowest BCUT2D eigenvalue weighted by atomic mass is 9.85. The summed E-state index contributed by atoms with van der Waals surface area (Å²) in [7, 11) is 0. The number of carbonyl (C=O) groups is 1. The lowest BCUT2D eigenvalue weighted by Gasteiger charge is -2.44. The lowest BCUT2D eigenvalue weighted by molar-refractivity contribution is -0.137. The average molecular weight is 443 g/mol. The number of likely N-dealkylation sites (tertiary alicyclic amines) is 1. The number of halogens is 2. The van der Waals surface area contributed by atoms with E-state index in [4.69, 9.17) is 23.2 Å². The first-order valence-electron chi connectivity index (χ1n) is 11.2. The van der Waals surface area contributed by atoms with Crippen molar-refractivity contribution in [2.24, 2.45) is 5.92 Å². The molecular weight excluding hydrogens is 415 g/mol. The fraction of sp³-hybridized carbons (Fsp3) is 0.480. The van der Waals surface area contributed by atoms with Crippen molar-refractivity contribution in [2.75, 3.05) is 13.1 Å². The summed E-state index contributed by atoms with van der Waals surface area (Å²) in [5, 5.41) is 1.55. The molecule has 3 heterocycles.